The van der Waals surface area contributed by atoms with Crippen LogP contribution in [0.5, 0.6) is 5.75 Å². The zero-order chi connectivity index (χ0) is 22.4. The first-order valence-electron chi connectivity index (χ1n) is 9.87. The standard InChI is InChI=1S/C21H25N3O6S/c1-22(16-26)20-8-7-19(13-17(20)14-25)31(28,29)24-11-9-23(10-12-24)21(27)15-30-18-5-3-2-4-6-18/h2-6,8,13-14,16,19H,7,9-12,15H2,1H3. The molecule has 1 saturated heterocycles. The normalized spacial score (nSPS) is 19.8. The summed E-state index contributed by atoms with van der Waals surface area (Å²) in [6.07, 6.45) is 4.26. The van der Waals surface area contributed by atoms with Crippen molar-refractivity contribution in [1.29, 1.82) is 0 Å². The second-order valence-electron chi connectivity index (χ2n) is 7.25. The molecule has 3 rings (SSSR count). The van der Waals surface area contributed by atoms with Crippen LogP contribution in [0.3, 0.4) is 0 Å². The van der Waals surface area contributed by atoms with Gasteiger partial charge >= 0.3 is 0 Å². The van der Waals surface area contributed by atoms with Crippen LogP contribution in [-0.2, 0) is 24.4 Å². The van der Waals surface area contributed by atoms with Crippen LogP contribution in [0.4, 0.5) is 0 Å². The number of benzene rings is 1. The summed E-state index contributed by atoms with van der Waals surface area (Å²) in [5, 5.41) is -0.889. The molecule has 1 unspecified atom stereocenters. The molecule has 31 heavy (non-hydrogen) atoms. The van der Waals surface area contributed by atoms with Gasteiger partial charge < -0.3 is 14.5 Å². The molecule has 0 saturated carbocycles. The average molecular weight is 448 g/mol. The number of likely N-dealkylation sites (N-methyl/N-ethyl adjacent to an activating group) is 1. The van der Waals surface area contributed by atoms with Crippen molar-refractivity contribution >= 4 is 28.6 Å². The fraction of sp³-hybridized carbons (Fsp3) is 0.381. The number of ether oxygens (including phenoxy) is 1. The molecule has 9 nitrogen and oxygen atoms in total. The fourth-order valence-corrected chi connectivity index (χ4v) is 5.26. The summed E-state index contributed by atoms with van der Waals surface area (Å²) in [6.45, 7) is 0.767. The number of amides is 2. The van der Waals surface area contributed by atoms with Crippen molar-refractivity contribution in [3.05, 3.63) is 53.8 Å². The number of sulfonamides is 1. The Morgan fingerprint density at radius 2 is 1.84 bits per heavy atom. The minimum absolute atomic E-state index is 0.108. The van der Waals surface area contributed by atoms with E-state index in [1.54, 1.807) is 23.1 Å². The number of para-hydroxylation sites is 1. The molecule has 10 heteroatoms. The summed E-state index contributed by atoms with van der Waals surface area (Å²) in [5.41, 5.74) is 0.562. The Kier molecular flexibility index (Phi) is 7.24. The van der Waals surface area contributed by atoms with Crippen LogP contribution in [0.2, 0.25) is 0 Å². The fourth-order valence-electron chi connectivity index (χ4n) is 3.55. The third-order valence-corrected chi connectivity index (χ3v) is 7.49. The number of carbonyl (C=O) groups excluding carboxylic acids is 3. The summed E-state index contributed by atoms with van der Waals surface area (Å²) < 4.78 is 32.9. The maximum Gasteiger partial charge on any atom is 0.260 e. The van der Waals surface area contributed by atoms with Gasteiger partial charge in [0.1, 0.15) is 5.75 Å². The lowest BCUT2D eigenvalue weighted by Gasteiger charge is -2.36. The van der Waals surface area contributed by atoms with Crippen LogP contribution < -0.4 is 4.74 Å². The quantitative estimate of drug-likeness (QED) is 0.535. The molecule has 166 valence electrons. The van der Waals surface area contributed by atoms with Gasteiger partial charge in [-0.15, -0.1) is 0 Å². The first-order valence-corrected chi connectivity index (χ1v) is 11.4. The molecule has 0 bridgehead atoms. The summed E-state index contributed by atoms with van der Waals surface area (Å²) in [7, 11) is -2.21. The maximum atomic E-state index is 13.1. The lowest BCUT2D eigenvalue weighted by Crippen LogP contribution is -2.53. The van der Waals surface area contributed by atoms with Crippen molar-refractivity contribution in [2.75, 3.05) is 39.8 Å². The third kappa shape index (κ3) is 5.20. The van der Waals surface area contributed by atoms with E-state index < -0.39 is 15.3 Å². The van der Waals surface area contributed by atoms with Crippen LogP contribution >= 0.6 is 0 Å². The average Bonchev–Trinajstić information content (AvgIpc) is 2.82. The van der Waals surface area contributed by atoms with Crippen LogP contribution in [0.15, 0.2) is 53.8 Å². The first-order chi connectivity index (χ1) is 14.9. The molecule has 1 aromatic carbocycles. The molecule has 1 fully saturated rings. The zero-order valence-corrected chi connectivity index (χ0v) is 18.0. The van der Waals surface area contributed by atoms with E-state index in [2.05, 4.69) is 0 Å². The number of carbonyl (C=O) groups is 3. The summed E-state index contributed by atoms with van der Waals surface area (Å²) >= 11 is 0. The third-order valence-electron chi connectivity index (χ3n) is 5.31. The Balaban J connectivity index is 1.58. The summed E-state index contributed by atoms with van der Waals surface area (Å²) in [4.78, 5) is 37.6. The molecule has 2 amide bonds. The highest BCUT2D eigenvalue weighted by Crippen LogP contribution is 2.26. The molecular weight excluding hydrogens is 422 g/mol. The Morgan fingerprint density at radius 3 is 2.45 bits per heavy atom. The SMILES string of the molecule is CN(C=O)C1=CCC(S(=O)(=O)N2CCN(C(=O)COc3ccccc3)CC2)C=C1C=O. The van der Waals surface area contributed by atoms with E-state index in [4.69, 9.17) is 4.74 Å². The molecule has 0 spiro atoms. The van der Waals surface area contributed by atoms with Gasteiger partial charge in [0.15, 0.2) is 12.9 Å². The minimum atomic E-state index is -3.71. The largest absolute Gasteiger partial charge is 0.484 e. The van der Waals surface area contributed by atoms with Crippen LogP contribution in [0, 0.1) is 0 Å². The van der Waals surface area contributed by atoms with E-state index in [1.807, 2.05) is 18.2 Å². The van der Waals surface area contributed by atoms with E-state index in [-0.39, 0.29) is 50.7 Å². The van der Waals surface area contributed by atoms with E-state index in [0.29, 0.717) is 24.1 Å². The predicted octanol–water partition coefficient (Wildman–Crippen LogP) is 0.409. The number of hydrogen-bond donors (Lipinski definition) is 0. The van der Waals surface area contributed by atoms with Crippen molar-refractivity contribution < 1.29 is 27.5 Å². The lowest BCUT2D eigenvalue weighted by atomic mass is 10.0. The molecule has 1 aliphatic heterocycles. The molecule has 1 heterocycles. The van der Waals surface area contributed by atoms with Gasteiger partial charge in [0.05, 0.1) is 5.25 Å². The highest BCUT2D eigenvalue weighted by Gasteiger charge is 2.35. The Bertz CT molecular complexity index is 982. The first kappa shape index (κ1) is 22.7. The molecule has 0 aromatic heterocycles. The monoisotopic (exact) mass is 447 g/mol. The second-order valence-corrected chi connectivity index (χ2v) is 9.40. The number of aldehydes is 1. The highest BCUT2D eigenvalue weighted by molar-refractivity contribution is 7.89. The van der Waals surface area contributed by atoms with Crippen LogP contribution in [-0.4, -0.2) is 86.2 Å². The zero-order valence-electron chi connectivity index (χ0n) is 17.2. The van der Waals surface area contributed by atoms with Gasteiger partial charge in [0, 0.05) is 44.5 Å². The summed E-state index contributed by atoms with van der Waals surface area (Å²) in [5.74, 6) is 0.394. The van der Waals surface area contributed by atoms with Crippen LogP contribution in [0.1, 0.15) is 6.42 Å². The van der Waals surface area contributed by atoms with E-state index >= 15 is 0 Å². The summed E-state index contributed by atoms with van der Waals surface area (Å²) in [6, 6.07) is 9.00. The topological polar surface area (TPSA) is 104 Å². The van der Waals surface area contributed by atoms with E-state index in [0.717, 1.165) is 0 Å². The van der Waals surface area contributed by atoms with Gasteiger partial charge in [0.2, 0.25) is 16.4 Å². The lowest BCUT2D eigenvalue weighted by molar-refractivity contribution is -0.134. The highest BCUT2D eigenvalue weighted by atomic mass is 32.2. The molecular formula is C21H25N3O6S. The van der Waals surface area contributed by atoms with Gasteiger partial charge in [-0.1, -0.05) is 30.4 Å². The van der Waals surface area contributed by atoms with Crippen molar-refractivity contribution in [2.45, 2.75) is 11.7 Å². The van der Waals surface area contributed by atoms with Crippen molar-refractivity contribution in [1.82, 2.24) is 14.1 Å². The van der Waals surface area contributed by atoms with Gasteiger partial charge in [-0.05, 0) is 18.6 Å². The van der Waals surface area contributed by atoms with Gasteiger partial charge in [-0.25, -0.2) is 8.42 Å². The molecule has 1 aliphatic carbocycles. The van der Waals surface area contributed by atoms with Gasteiger partial charge in [-0.3, -0.25) is 14.4 Å². The molecule has 0 N–H and O–H groups in total. The second kappa shape index (κ2) is 9.88. The van der Waals surface area contributed by atoms with E-state index in [1.165, 1.54) is 22.3 Å². The number of allylic oxidation sites excluding steroid dienone is 2. The minimum Gasteiger partial charge on any atom is -0.484 e. The number of nitrogens with zero attached hydrogens (tertiary/aromatic N) is 3. The Labute approximate surface area is 181 Å². The predicted molar refractivity (Wildman–Crippen MR) is 113 cm³/mol. The van der Waals surface area contributed by atoms with Crippen LogP contribution in [0.25, 0.3) is 0 Å². The number of rotatable bonds is 8. The van der Waals surface area contributed by atoms with E-state index in [9.17, 15) is 22.8 Å². The molecule has 2 aliphatic rings. The van der Waals surface area contributed by atoms with Crippen molar-refractivity contribution in [3.8, 4) is 5.75 Å². The Hall–Kier alpha value is -2.98. The molecule has 0 radical (unpaired) electrons. The Morgan fingerprint density at radius 1 is 1.16 bits per heavy atom. The number of hydrogen-bond acceptors (Lipinski definition) is 6. The number of piperazine rings is 1. The van der Waals surface area contributed by atoms with Gasteiger partial charge in [-0.2, -0.15) is 4.31 Å². The smallest absolute Gasteiger partial charge is 0.260 e. The molecule has 1 aromatic rings. The molecule has 1 atom stereocenters. The van der Waals surface area contributed by atoms with Gasteiger partial charge in [0.25, 0.3) is 5.91 Å². The van der Waals surface area contributed by atoms with Crippen molar-refractivity contribution in [2.24, 2.45) is 0 Å². The van der Waals surface area contributed by atoms with Crippen molar-refractivity contribution in [3.63, 3.8) is 0 Å². The maximum absolute atomic E-state index is 13.1.